The first-order valence-corrected chi connectivity index (χ1v) is 7.29. The second kappa shape index (κ2) is 5.56. The molecule has 0 radical (unpaired) electrons. The zero-order valence-corrected chi connectivity index (χ0v) is 13.1. The Labute approximate surface area is 128 Å². The SMILES string of the molecule is Nc1cc(NC(=O)c2cc(Br)sc2Br)c(F)cc1F. The van der Waals surface area contributed by atoms with Gasteiger partial charge in [-0.25, -0.2) is 8.78 Å². The zero-order chi connectivity index (χ0) is 14.2. The fourth-order valence-corrected chi connectivity index (χ4v) is 4.14. The van der Waals surface area contributed by atoms with Crippen molar-refractivity contribution in [2.45, 2.75) is 0 Å². The molecule has 0 aliphatic carbocycles. The number of nitrogens with one attached hydrogen (secondary N) is 1. The van der Waals surface area contributed by atoms with Gasteiger partial charge in [-0.3, -0.25) is 4.79 Å². The minimum absolute atomic E-state index is 0.168. The predicted octanol–water partition coefficient (Wildman–Crippen LogP) is 4.39. The molecule has 8 heteroatoms. The predicted molar refractivity (Wildman–Crippen MR) is 78.4 cm³/mol. The molecule has 3 N–H and O–H groups in total. The fraction of sp³-hybridized carbons (Fsp3) is 0. The summed E-state index contributed by atoms with van der Waals surface area (Å²) in [6, 6.07) is 3.26. The number of hydrogen-bond acceptors (Lipinski definition) is 3. The maximum atomic E-state index is 13.5. The Morgan fingerprint density at radius 1 is 1.21 bits per heavy atom. The third-order valence-corrected chi connectivity index (χ3v) is 4.58. The summed E-state index contributed by atoms with van der Waals surface area (Å²) in [5.41, 5.74) is 5.27. The van der Waals surface area contributed by atoms with Crippen LogP contribution in [0.25, 0.3) is 0 Å². The van der Waals surface area contributed by atoms with Gasteiger partial charge in [-0.1, -0.05) is 0 Å². The number of carbonyl (C=O) groups excluding carboxylic acids is 1. The van der Waals surface area contributed by atoms with E-state index in [9.17, 15) is 13.6 Å². The Balaban J connectivity index is 2.29. The van der Waals surface area contributed by atoms with E-state index < -0.39 is 17.5 Å². The molecule has 0 bridgehead atoms. The van der Waals surface area contributed by atoms with Crippen molar-refractivity contribution in [1.29, 1.82) is 0 Å². The molecular formula is C11H6Br2F2N2OS. The smallest absolute Gasteiger partial charge is 0.257 e. The molecule has 3 nitrogen and oxygen atoms in total. The number of halogens is 4. The van der Waals surface area contributed by atoms with Gasteiger partial charge in [0.05, 0.1) is 24.5 Å². The van der Waals surface area contributed by atoms with Crippen LogP contribution < -0.4 is 11.1 Å². The Hall–Kier alpha value is -0.990. The van der Waals surface area contributed by atoms with E-state index in [2.05, 4.69) is 37.2 Å². The normalized spacial score (nSPS) is 10.5. The Morgan fingerprint density at radius 3 is 2.47 bits per heavy atom. The van der Waals surface area contributed by atoms with Crippen LogP contribution in [0.4, 0.5) is 20.2 Å². The van der Waals surface area contributed by atoms with Gasteiger partial charge >= 0.3 is 0 Å². The minimum atomic E-state index is -0.884. The number of hydrogen-bond donors (Lipinski definition) is 2. The van der Waals surface area contributed by atoms with E-state index in [1.54, 1.807) is 6.07 Å². The molecule has 2 aromatic rings. The Morgan fingerprint density at radius 2 is 1.89 bits per heavy atom. The number of rotatable bonds is 2. The largest absolute Gasteiger partial charge is 0.396 e. The van der Waals surface area contributed by atoms with Crippen LogP contribution >= 0.6 is 43.2 Å². The molecule has 2 rings (SSSR count). The standard InChI is InChI=1S/C11H6Br2F2N2OS/c12-9-1-4(10(13)19-9)11(18)17-8-3-7(16)5(14)2-6(8)15/h1-3H,16H2,(H,17,18). The molecule has 0 aliphatic rings. The van der Waals surface area contributed by atoms with Gasteiger partial charge in [-0.2, -0.15) is 0 Å². The highest BCUT2D eigenvalue weighted by molar-refractivity contribution is 9.12. The number of anilines is 2. The third-order valence-electron chi connectivity index (χ3n) is 2.24. The molecule has 0 atom stereocenters. The number of carbonyl (C=O) groups is 1. The molecule has 0 aliphatic heterocycles. The van der Waals surface area contributed by atoms with Gasteiger partial charge in [-0.15, -0.1) is 11.3 Å². The molecule has 1 aromatic heterocycles. The van der Waals surface area contributed by atoms with Crippen molar-refractivity contribution in [2.24, 2.45) is 0 Å². The van der Waals surface area contributed by atoms with Gasteiger partial charge in [0, 0.05) is 6.07 Å². The molecule has 1 heterocycles. The van der Waals surface area contributed by atoms with E-state index in [1.165, 1.54) is 11.3 Å². The third kappa shape index (κ3) is 3.13. The summed E-state index contributed by atoms with van der Waals surface area (Å²) in [6.07, 6.45) is 0. The summed E-state index contributed by atoms with van der Waals surface area (Å²) >= 11 is 7.77. The number of nitrogen functional groups attached to an aromatic ring is 1. The lowest BCUT2D eigenvalue weighted by molar-refractivity contribution is 0.102. The van der Waals surface area contributed by atoms with E-state index >= 15 is 0 Å². The summed E-state index contributed by atoms with van der Waals surface area (Å²) in [6.45, 7) is 0. The first-order valence-electron chi connectivity index (χ1n) is 4.89. The summed E-state index contributed by atoms with van der Waals surface area (Å²) in [4.78, 5) is 11.9. The molecule has 0 saturated heterocycles. The van der Waals surface area contributed by atoms with Gasteiger partial charge < -0.3 is 11.1 Å². The lowest BCUT2D eigenvalue weighted by atomic mass is 10.2. The number of nitrogens with two attached hydrogens (primary N) is 1. The molecule has 0 fully saturated rings. The van der Waals surface area contributed by atoms with Crippen molar-refractivity contribution < 1.29 is 13.6 Å². The van der Waals surface area contributed by atoms with Gasteiger partial charge in [0.15, 0.2) is 0 Å². The van der Waals surface area contributed by atoms with Crippen LogP contribution in [0.2, 0.25) is 0 Å². The van der Waals surface area contributed by atoms with E-state index in [0.29, 0.717) is 15.4 Å². The van der Waals surface area contributed by atoms with Gasteiger partial charge in [0.1, 0.15) is 11.6 Å². The maximum Gasteiger partial charge on any atom is 0.257 e. The van der Waals surface area contributed by atoms with Crippen molar-refractivity contribution in [2.75, 3.05) is 11.1 Å². The zero-order valence-electron chi connectivity index (χ0n) is 9.14. The highest BCUT2D eigenvalue weighted by Crippen LogP contribution is 2.32. The molecule has 0 spiro atoms. The van der Waals surface area contributed by atoms with Crippen LogP contribution in [0.15, 0.2) is 25.8 Å². The van der Waals surface area contributed by atoms with Crippen molar-refractivity contribution in [3.63, 3.8) is 0 Å². The van der Waals surface area contributed by atoms with Crippen molar-refractivity contribution in [3.05, 3.63) is 43.0 Å². The van der Waals surface area contributed by atoms with Crippen LogP contribution in [0.3, 0.4) is 0 Å². The van der Waals surface area contributed by atoms with E-state index in [-0.39, 0.29) is 11.4 Å². The number of benzene rings is 1. The van der Waals surface area contributed by atoms with Crippen LogP contribution in [-0.4, -0.2) is 5.91 Å². The quantitative estimate of drug-likeness (QED) is 0.720. The molecule has 19 heavy (non-hydrogen) atoms. The van der Waals surface area contributed by atoms with Crippen LogP contribution in [-0.2, 0) is 0 Å². The lowest BCUT2D eigenvalue weighted by Gasteiger charge is -2.07. The van der Waals surface area contributed by atoms with Crippen molar-refractivity contribution >= 4 is 60.5 Å². The lowest BCUT2D eigenvalue weighted by Crippen LogP contribution is -2.13. The summed E-state index contributed by atoms with van der Waals surface area (Å²) in [7, 11) is 0. The molecule has 100 valence electrons. The van der Waals surface area contributed by atoms with Crippen molar-refractivity contribution in [3.8, 4) is 0 Å². The minimum Gasteiger partial charge on any atom is -0.396 e. The van der Waals surface area contributed by atoms with Crippen LogP contribution in [0, 0.1) is 11.6 Å². The highest BCUT2D eigenvalue weighted by Gasteiger charge is 2.16. The molecule has 1 aromatic carbocycles. The Bertz CT molecular complexity index is 660. The average Bonchev–Trinajstić information content (AvgIpc) is 2.65. The van der Waals surface area contributed by atoms with E-state index in [1.807, 2.05) is 0 Å². The second-order valence-electron chi connectivity index (χ2n) is 3.55. The van der Waals surface area contributed by atoms with Gasteiger partial charge in [0.2, 0.25) is 0 Å². The first kappa shape index (κ1) is 14.4. The molecule has 1 amide bonds. The van der Waals surface area contributed by atoms with Crippen LogP contribution in [0.5, 0.6) is 0 Å². The molecule has 0 saturated carbocycles. The van der Waals surface area contributed by atoms with E-state index in [0.717, 1.165) is 9.85 Å². The number of amides is 1. The summed E-state index contributed by atoms with van der Waals surface area (Å²) < 4.78 is 27.8. The molecular weight excluding hydrogens is 406 g/mol. The van der Waals surface area contributed by atoms with Crippen LogP contribution in [0.1, 0.15) is 10.4 Å². The monoisotopic (exact) mass is 410 g/mol. The fourth-order valence-electron chi connectivity index (χ4n) is 1.35. The van der Waals surface area contributed by atoms with Gasteiger partial charge in [-0.05, 0) is 44.0 Å². The number of thiophene rings is 1. The first-order chi connectivity index (χ1) is 8.88. The average molecular weight is 412 g/mol. The molecule has 0 unspecified atom stereocenters. The second-order valence-corrected chi connectivity index (χ2v) is 7.29. The maximum absolute atomic E-state index is 13.5. The highest BCUT2D eigenvalue weighted by atomic mass is 79.9. The van der Waals surface area contributed by atoms with Crippen molar-refractivity contribution in [1.82, 2.24) is 0 Å². The topological polar surface area (TPSA) is 55.1 Å². The summed E-state index contributed by atoms with van der Waals surface area (Å²) in [5.74, 6) is -2.26. The summed E-state index contributed by atoms with van der Waals surface area (Å²) in [5, 5.41) is 2.34. The van der Waals surface area contributed by atoms with E-state index in [4.69, 9.17) is 5.73 Å². The van der Waals surface area contributed by atoms with Gasteiger partial charge in [0.25, 0.3) is 5.91 Å². The Kier molecular flexibility index (Phi) is 4.22.